The lowest BCUT2D eigenvalue weighted by Gasteiger charge is -2.02. The quantitative estimate of drug-likeness (QED) is 0.548. The van der Waals surface area contributed by atoms with Crippen molar-refractivity contribution in [2.45, 2.75) is 33.1 Å². The molecular weight excluding hydrogens is 156 g/mol. The lowest BCUT2D eigenvalue weighted by atomic mass is 10.0. The van der Waals surface area contributed by atoms with Gasteiger partial charge in [-0.05, 0) is 18.4 Å². The summed E-state index contributed by atoms with van der Waals surface area (Å²) < 4.78 is 0. The standard InChI is InChI=1S/C10H17Cl/c1-4-5-6-9(2)7-8-10(3)11/h7-9H,3-6H2,1-2H3/b8-7-. The zero-order valence-corrected chi connectivity index (χ0v) is 8.19. The fraction of sp³-hybridized carbons (Fsp3) is 0.600. The highest BCUT2D eigenvalue weighted by molar-refractivity contribution is 6.30. The Hall–Kier alpha value is -0.230. The Bertz CT molecular complexity index is 136. The van der Waals surface area contributed by atoms with Gasteiger partial charge in [0.25, 0.3) is 0 Å². The summed E-state index contributed by atoms with van der Waals surface area (Å²) in [7, 11) is 0. The van der Waals surface area contributed by atoms with E-state index in [1.165, 1.54) is 19.3 Å². The summed E-state index contributed by atoms with van der Waals surface area (Å²) in [5, 5.41) is 0.619. The summed E-state index contributed by atoms with van der Waals surface area (Å²) in [6.45, 7) is 7.99. The van der Waals surface area contributed by atoms with Crippen LogP contribution in [0.1, 0.15) is 33.1 Å². The topological polar surface area (TPSA) is 0 Å². The molecule has 0 rings (SSSR count). The normalized spacial score (nSPS) is 13.7. The first-order valence-corrected chi connectivity index (χ1v) is 4.57. The minimum atomic E-state index is 0.619. The Balaban J connectivity index is 3.50. The third kappa shape index (κ3) is 7.67. The second kappa shape index (κ2) is 6.48. The Morgan fingerprint density at radius 2 is 2.27 bits per heavy atom. The Kier molecular flexibility index (Phi) is 6.34. The van der Waals surface area contributed by atoms with Gasteiger partial charge in [-0.3, -0.25) is 0 Å². The van der Waals surface area contributed by atoms with Crippen molar-refractivity contribution in [3.8, 4) is 0 Å². The molecule has 0 aliphatic rings. The molecule has 0 aromatic rings. The largest absolute Gasteiger partial charge is 0.0850 e. The van der Waals surface area contributed by atoms with Crippen LogP contribution in [0.3, 0.4) is 0 Å². The van der Waals surface area contributed by atoms with E-state index in [1.807, 2.05) is 6.08 Å². The maximum Gasteiger partial charge on any atom is 0.0331 e. The maximum atomic E-state index is 5.57. The van der Waals surface area contributed by atoms with Crippen LogP contribution in [0.4, 0.5) is 0 Å². The molecule has 0 saturated heterocycles. The highest BCUT2D eigenvalue weighted by Crippen LogP contribution is 2.10. The minimum absolute atomic E-state index is 0.619. The van der Waals surface area contributed by atoms with E-state index in [1.54, 1.807) is 0 Å². The molecule has 0 N–H and O–H groups in total. The molecule has 64 valence electrons. The van der Waals surface area contributed by atoms with Gasteiger partial charge in [0.2, 0.25) is 0 Å². The number of halogens is 1. The van der Waals surface area contributed by atoms with Crippen LogP contribution in [-0.2, 0) is 0 Å². The predicted octanol–water partition coefficient (Wildman–Crippen LogP) is 4.12. The summed E-state index contributed by atoms with van der Waals surface area (Å²) >= 11 is 5.57. The van der Waals surface area contributed by atoms with Gasteiger partial charge in [0.05, 0.1) is 0 Å². The molecule has 0 aliphatic heterocycles. The summed E-state index contributed by atoms with van der Waals surface area (Å²) in [6, 6.07) is 0. The molecule has 1 atom stereocenters. The van der Waals surface area contributed by atoms with E-state index in [2.05, 4.69) is 26.5 Å². The summed E-state index contributed by atoms with van der Waals surface area (Å²) in [4.78, 5) is 0. The number of hydrogen-bond acceptors (Lipinski definition) is 0. The van der Waals surface area contributed by atoms with E-state index in [4.69, 9.17) is 11.6 Å². The van der Waals surface area contributed by atoms with Gasteiger partial charge in [-0.15, -0.1) is 0 Å². The van der Waals surface area contributed by atoms with Gasteiger partial charge in [0.1, 0.15) is 0 Å². The van der Waals surface area contributed by atoms with Gasteiger partial charge in [0.15, 0.2) is 0 Å². The summed E-state index contributed by atoms with van der Waals surface area (Å²) in [5.74, 6) is 0.630. The van der Waals surface area contributed by atoms with E-state index in [0.717, 1.165) is 0 Å². The molecule has 0 saturated carbocycles. The van der Waals surface area contributed by atoms with E-state index >= 15 is 0 Å². The molecule has 0 aromatic heterocycles. The molecule has 0 aromatic carbocycles. The molecule has 0 aliphatic carbocycles. The van der Waals surface area contributed by atoms with Crippen molar-refractivity contribution in [1.82, 2.24) is 0 Å². The fourth-order valence-electron chi connectivity index (χ4n) is 0.891. The van der Waals surface area contributed by atoms with Crippen molar-refractivity contribution in [3.05, 3.63) is 23.8 Å². The third-order valence-corrected chi connectivity index (χ3v) is 1.74. The zero-order valence-electron chi connectivity index (χ0n) is 7.44. The van der Waals surface area contributed by atoms with Crippen LogP contribution in [0, 0.1) is 5.92 Å². The highest BCUT2D eigenvalue weighted by Gasteiger charge is 1.94. The van der Waals surface area contributed by atoms with Crippen LogP contribution < -0.4 is 0 Å². The molecule has 0 fully saturated rings. The van der Waals surface area contributed by atoms with Crippen LogP contribution in [0.2, 0.25) is 0 Å². The fourth-order valence-corrected chi connectivity index (χ4v) is 0.964. The van der Waals surface area contributed by atoms with Gasteiger partial charge in [-0.2, -0.15) is 0 Å². The highest BCUT2D eigenvalue weighted by atomic mass is 35.5. The lowest BCUT2D eigenvalue weighted by Crippen LogP contribution is -1.88. The van der Waals surface area contributed by atoms with Crippen molar-refractivity contribution >= 4 is 11.6 Å². The average molecular weight is 173 g/mol. The first-order valence-electron chi connectivity index (χ1n) is 4.19. The minimum Gasteiger partial charge on any atom is -0.0850 e. The second-order valence-electron chi connectivity index (χ2n) is 2.93. The van der Waals surface area contributed by atoms with Crippen molar-refractivity contribution in [1.29, 1.82) is 0 Å². The second-order valence-corrected chi connectivity index (χ2v) is 3.41. The van der Waals surface area contributed by atoms with Gasteiger partial charge < -0.3 is 0 Å². The molecule has 0 radical (unpaired) electrons. The molecule has 0 heterocycles. The molecule has 1 heteroatoms. The van der Waals surface area contributed by atoms with E-state index in [9.17, 15) is 0 Å². The molecule has 0 bridgehead atoms. The van der Waals surface area contributed by atoms with E-state index < -0.39 is 0 Å². The van der Waals surface area contributed by atoms with Crippen molar-refractivity contribution in [3.63, 3.8) is 0 Å². The average Bonchev–Trinajstić information content (AvgIpc) is 1.97. The first-order chi connectivity index (χ1) is 5.16. The van der Waals surface area contributed by atoms with Crippen molar-refractivity contribution in [2.75, 3.05) is 0 Å². The zero-order chi connectivity index (χ0) is 8.69. The number of unbranched alkanes of at least 4 members (excludes halogenated alkanes) is 1. The van der Waals surface area contributed by atoms with Gasteiger partial charge in [0, 0.05) is 5.03 Å². The molecule has 1 unspecified atom stereocenters. The van der Waals surface area contributed by atoms with Crippen LogP contribution in [0.25, 0.3) is 0 Å². The van der Waals surface area contributed by atoms with Crippen LogP contribution in [0.5, 0.6) is 0 Å². The van der Waals surface area contributed by atoms with Gasteiger partial charge >= 0.3 is 0 Å². The molecular formula is C10H17Cl. The van der Waals surface area contributed by atoms with Gasteiger partial charge in [-0.25, -0.2) is 0 Å². The number of rotatable bonds is 5. The van der Waals surface area contributed by atoms with Crippen LogP contribution in [-0.4, -0.2) is 0 Å². The first kappa shape index (κ1) is 10.8. The predicted molar refractivity (Wildman–Crippen MR) is 52.8 cm³/mol. The molecule has 0 nitrogen and oxygen atoms in total. The number of hydrogen-bond donors (Lipinski definition) is 0. The molecule has 11 heavy (non-hydrogen) atoms. The Morgan fingerprint density at radius 1 is 1.64 bits per heavy atom. The van der Waals surface area contributed by atoms with Crippen molar-refractivity contribution in [2.24, 2.45) is 5.92 Å². The monoisotopic (exact) mass is 172 g/mol. The van der Waals surface area contributed by atoms with Crippen LogP contribution in [0.15, 0.2) is 23.8 Å². The molecule has 0 spiro atoms. The SMILES string of the molecule is C=C(Cl)/C=C\C(C)CCCC. The summed E-state index contributed by atoms with van der Waals surface area (Å²) in [6.07, 6.45) is 7.80. The Morgan fingerprint density at radius 3 is 2.73 bits per heavy atom. The van der Waals surface area contributed by atoms with Gasteiger partial charge in [-0.1, -0.05) is 50.9 Å². The Labute approximate surface area is 74.9 Å². The lowest BCUT2D eigenvalue weighted by molar-refractivity contribution is 0.598. The summed E-state index contributed by atoms with van der Waals surface area (Å²) in [5.41, 5.74) is 0. The maximum absolute atomic E-state index is 5.57. The smallest absolute Gasteiger partial charge is 0.0331 e. The van der Waals surface area contributed by atoms with Crippen LogP contribution >= 0.6 is 11.6 Å². The number of allylic oxidation sites excluding steroid dienone is 3. The molecule has 0 amide bonds. The third-order valence-electron chi connectivity index (χ3n) is 1.62. The van der Waals surface area contributed by atoms with E-state index in [0.29, 0.717) is 11.0 Å². The van der Waals surface area contributed by atoms with E-state index in [-0.39, 0.29) is 0 Å². The van der Waals surface area contributed by atoms with Crippen molar-refractivity contribution < 1.29 is 0 Å².